The molecule has 0 saturated carbocycles. The van der Waals surface area contributed by atoms with Gasteiger partial charge in [-0.2, -0.15) is 5.10 Å². The highest BCUT2D eigenvalue weighted by molar-refractivity contribution is 7.12. The second-order valence-electron chi connectivity index (χ2n) is 5.89. The lowest BCUT2D eigenvalue weighted by Crippen LogP contribution is -2.47. The van der Waals surface area contributed by atoms with Crippen LogP contribution >= 0.6 is 11.3 Å². The number of hydrogen-bond donors (Lipinski definition) is 1. The molecule has 122 valence electrons. The molecule has 1 N–H and O–H groups in total. The average Bonchev–Trinajstić information content (AvgIpc) is 3.16. The molecule has 1 saturated heterocycles. The summed E-state index contributed by atoms with van der Waals surface area (Å²) in [5.41, 5.74) is 1.68. The van der Waals surface area contributed by atoms with Gasteiger partial charge in [-0.3, -0.25) is 14.3 Å². The molecular weight excluding hydrogens is 312 g/mol. The van der Waals surface area contributed by atoms with E-state index in [2.05, 4.69) is 15.3 Å². The van der Waals surface area contributed by atoms with Gasteiger partial charge in [-0.25, -0.2) is 0 Å². The summed E-state index contributed by atoms with van der Waals surface area (Å²) in [6.45, 7) is 3.27. The fourth-order valence-electron chi connectivity index (χ4n) is 2.80. The van der Waals surface area contributed by atoms with Crippen LogP contribution in [-0.4, -0.2) is 40.6 Å². The molecular formula is C16H20N4O2S. The number of thiophene rings is 1. The van der Waals surface area contributed by atoms with E-state index in [-0.39, 0.29) is 17.7 Å². The van der Waals surface area contributed by atoms with Crippen LogP contribution in [-0.2, 0) is 7.05 Å². The number of carbonyl (C=O) groups is 2. The van der Waals surface area contributed by atoms with Gasteiger partial charge in [0.2, 0.25) is 0 Å². The van der Waals surface area contributed by atoms with Gasteiger partial charge in [0.1, 0.15) is 0 Å². The minimum Gasteiger partial charge on any atom is -0.367 e. The van der Waals surface area contributed by atoms with Gasteiger partial charge >= 0.3 is 0 Å². The SMILES string of the molecule is CC(=O)c1csc(C(=O)N[C@H]2CCCN(c3cnn(C)c3)C2)c1. The number of hydrogen-bond acceptors (Lipinski definition) is 5. The van der Waals surface area contributed by atoms with Crippen LogP contribution in [0.15, 0.2) is 23.8 Å². The van der Waals surface area contributed by atoms with Crippen LogP contribution in [0.5, 0.6) is 0 Å². The third-order valence-corrected chi connectivity index (χ3v) is 4.97. The van der Waals surface area contributed by atoms with Gasteiger partial charge in [0.25, 0.3) is 5.91 Å². The number of anilines is 1. The summed E-state index contributed by atoms with van der Waals surface area (Å²) in [5.74, 6) is -0.110. The van der Waals surface area contributed by atoms with Crippen molar-refractivity contribution in [1.29, 1.82) is 0 Å². The highest BCUT2D eigenvalue weighted by Gasteiger charge is 2.23. The van der Waals surface area contributed by atoms with E-state index in [1.165, 1.54) is 18.3 Å². The highest BCUT2D eigenvalue weighted by atomic mass is 32.1. The lowest BCUT2D eigenvalue weighted by Gasteiger charge is -2.33. The van der Waals surface area contributed by atoms with Crippen LogP contribution in [0, 0.1) is 0 Å². The molecule has 1 fully saturated rings. The minimum absolute atomic E-state index is 0.0132. The maximum atomic E-state index is 12.3. The Morgan fingerprint density at radius 1 is 1.43 bits per heavy atom. The number of nitrogens with zero attached hydrogens (tertiary/aromatic N) is 3. The predicted molar refractivity (Wildman–Crippen MR) is 90.2 cm³/mol. The Labute approximate surface area is 139 Å². The van der Waals surface area contributed by atoms with Crippen molar-refractivity contribution < 1.29 is 9.59 Å². The Balaban J connectivity index is 1.62. The van der Waals surface area contributed by atoms with E-state index in [1.54, 1.807) is 16.1 Å². The first-order valence-electron chi connectivity index (χ1n) is 7.67. The Morgan fingerprint density at radius 2 is 2.26 bits per heavy atom. The molecule has 1 aliphatic heterocycles. The number of amides is 1. The molecule has 7 heteroatoms. The van der Waals surface area contributed by atoms with Crippen molar-refractivity contribution in [1.82, 2.24) is 15.1 Å². The van der Waals surface area contributed by atoms with Gasteiger partial charge in [-0.15, -0.1) is 11.3 Å². The van der Waals surface area contributed by atoms with Crippen molar-refractivity contribution in [2.24, 2.45) is 7.05 Å². The summed E-state index contributed by atoms with van der Waals surface area (Å²) in [7, 11) is 1.90. The van der Waals surface area contributed by atoms with E-state index in [0.29, 0.717) is 10.4 Å². The Kier molecular flexibility index (Phi) is 4.47. The van der Waals surface area contributed by atoms with Gasteiger partial charge < -0.3 is 10.2 Å². The number of nitrogens with one attached hydrogen (secondary N) is 1. The molecule has 1 aliphatic rings. The topological polar surface area (TPSA) is 67.2 Å². The second kappa shape index (κ2) is 6.54. The van der Waals surface area contributed by atoms with Crippen LogP contribution < -0.4 is 10.2 Å². The van der Waals surface area contributed by atoms with Crippen molar-refractivity contribution in [2.75, 3.05) is 18.0 Å². The maximum absolute atomic E-state index is 12.3. The van der Waals surface area contributed by atoms with Crippen LogP contribution in [0.25, 0.3) is 0 Å². The summed E-state index contributed by atoms with van der Waals surface area (Å²) in [6.07, 6.45) is 5.83. The Hall–Kier alpha value is -2.15. The van der Waals surface area contributed by atoms with E-state index >= 15 is 0 Å². The molecule has 1 atom stereocenters. The number of Topliss-reactive ketones (excluding diaryl/α,β-unsaturated/α-hetero) is 1. The molecule has 2 aromatic heterocycles. The van der Waals surface area contributed by atoms with Crippen molar-refractivity contribution in [3.63, 3.8) is 0 Å². The first-order chi connectivity index (χ1) is 11.0. The van der Waals surface area contributed by atoms with E-state index in [0.717, 1.165) is 31.6 Å². The Morgan fingerprint density at radius 3 is 2.91 bits per heavy atom. The van der Waals surface area contributed by atoms with Crippen LogP contribution in [0.4, 0.5) is 5.69 Å². The van der Waals surface area contributed by atoms with Crippen molar-refractivity contribution in [3.8, 4) is 0 Å². The number of rotatable bonds is 4. The normalized spacial score (nSPS) is 18.0. The van der Waals surface area contributed by atoms with Crippen molar-refractivity contribution in [2.45, 2.75) is 25.8 Å². The largest absolute Gasteiger partial charge is 0.367 e. The summed E-state index contributed by atoms with van der Waals surface area (Å²) in [5, 5.41) is 9.02. The van der Waals surface area contributed by atoms with Crippen molar-refractivity contribution in [3.05, 3.63) is 34.3 Å². The van der Waals surface area contributed by atoms with Crippen LogP contribution in [0.3, 0.4) is 0 Å². The third kappa shape index (κ3) is 3.61. The lowest BCUT2D eigenvalue weighted by atomic mass is 10.1. The van der Waals surface area contributed by atoms with Gasteiger partial charge in [0.15, 0.2) is 5.78 Å². The summed E-state index contributed by atoms with van der Waals surface area (Å²) < 4.78 is 1.78. The zero-order chi connectivity index (χ0) is 16.4. The zero-order valence-electron chi connectivity index (χ0n) is 13.3. The first kappa shape index (κ1) is 15.7. The zero-order valence-corrected chi connectivity index (χ0v) is 14.1. The fraction of sp³-hybridized carbons (Fsp3) is 0.438. The standard InChI is InChI=1S/C16H20N4O2S/c1-11(21)12-6-15(23-10-12)16(22)18-13-4-3-5-20(8-13)14-7-17-19(2)9-14/h6-7,9-10,13H,3-5,8H2,1-2H3,(H,18,22)/t13-/m0/s1. The molecule has 3 heterocycles. The molecule has 0 aliphatic carbocycles. The van der Waals surface area contributed by atoms with Crippen LogP contribution in [0.1, 0.15) is 39.8 Å². The molecule has 3 rings (SSSR count). The average molecular weight is 332 g/mol. The lowest BCUT2D eigenvalue weighted by molar-refractivity contribution is 0.0937. The summed E-state index contributed by atoms with van der Waals surface area (Å²) in [6, 6.07) is 1.78. The second-order valence-corrected chi connectivity index (χ2v) is 6.80. The number of carbonyl (C=O) groups excluding carboxylic acids is 2. The number of piperidine rings is 1. The summed E-state index contributed by atoms with van der Waals surface area (Å²) in [4.78, 5) is 26.5. The molecule has 1 amide bonds. The molecule has 0 bridgehead atoms. The quantitative estimate of drug-likeness (QED) is 0.871. The molecule has 6 nitrogen and oxygen atoms in total. The number of ketones is 1. The molecule has 0 unspecified atom stereocenters. The molecule has 0 spiro atoms. The Bertz CT molecular complexity index is 721. The predicted octanol–water partition coefficient (Wildman–Crippen LogP) is 2.08. The maximum Gasteiger partial charge on any atom is 0.261 e. The first-order valence-corrected chi connectivity index (χ1v) is 8.55. The molecule has 0 aromatic carbocycles. The monoisotopic (exact) mass is 332 g/mol. The van der Waals surface area contributed by atoms with E-state index in [4.69, 9.17) is 0 Å². The molecule has 0 radical (unpaired) electrons. The van der Waals surface area contributed by atoms with E-state index < -0.39 is 0 Å². The smallest absolute Gasteiger partial charge is 0.261 e. The van der Waals surface area contributed by atoms with E-state index in [9.17, 15) is 9.59 Å². The third-order valence-electron chi connectivity index (χ3n) is 4.04. The molecule has 23 heavy (non-hydrogen) atoms. The van der Waals surface area contributed by atoms with Crippen LogP contribution in [0.2, 0.25) is 0 Å². The number of aromatic nitrogens is 2. The van der Waals surface area contributed by atoms with Gasteiger partial charge in [-0.1, -0.05) is 0 Å². The summed E-state index contributed by atoms with van der Waals surface area (Å²) >= 11 is 1.32. The molecule has 2 aromatic rings. The van der Waals surface area contributed by atoms with Gasteiger partial charge in [0.05, 0.1) is 16.8 Å². The minimum atomic E-state index is -0.0967. The van der Waals surface area contributed by atoms with Gasteiger partial charge in [-0.05, 0) is 25.8 Å². The van der Waals surface area contributed by atoms with Gasteiger partial charge in [0, 0.05) is 43.3 Å². The highest BCUT2D eigenvalue weighted by Crippen LogP contribution is 2.20. The number of aryl methyl sites for hydroxylation is 1. The fourth-order valence-corrected chi connectivity index (χ4v) is 3.65. The van der Waals surface area contributed by atoms with Crippen molar-refractivity contribution >= 4 is 28.7 Å². The van der Waals surface area contributed by atoms with E-state index in [1.807, 2.05) is 19.4 Å².